The van der Waals surface area contributed by atoms with Gasteiger partial charge in [-0.3, -0.25) is 4.72 Å². The molecule has 1 aromatic heterocycles. The predicted molar refractivity (Wildman–Crippen MR) is 73.2 cm³/mol. The van der Waals surface area contributed by atoms with E-state index >= 15 is 0 Å². The number of hydrogen-bond donors (Lipinski definition) is 1. The van der Waals surface area contributed by atoms with Crippen LogP contribution >= 0.6 is 11.5 Å². The van der Waals surface area contributed by atoms with E-state index in [1.165, 1.54) is 25.3 Å². The number of rotatable bonds is 4. The largest absolute Gasteiger partial charge is 0.465 e. The van der Waals surface area contributed by atoms with Crippen LogP contribution in [0.15, 0.2) is 29.2 Å². The van der Waals surface area contributed by atoms with E-state index in [0.717, 1.165) is 11.5 Å². The predicted octanol–water partition coefficient (Wildman–Crippen LogP) is 1.43. The van der Waals surface area contributed by atoms with Crippen molar-refractivity contribution in [1.82, 2.24) is 9.36 Å². The van der Waals surface area contributed by atoms with E-state index in [9.17, 15) is 13.2 Å². The van der Waals surface area contributed by atoms with Gasteiger partial charge < -0.3 is 4.74 Å². The molecule has 1 heterocycles. The molecule has 20 heavy (non-hydrogen) atoms. The second-order valence-electron chi connectivity index (χ2n) is 3.74. The van der Waals surface area contributed by atoms with E-state index in [-0.39, 0.29) is 15.6 Å². The van der Waals surface area contributed by atoms with Crippen LogP contribution in [0.25, 0.3) is 0 Å². The van der Waals surface area contributed by atoms with Crippen molar-refractivity contribution in [2.24, 2.45) is 0 Å². The minimum Gasteiger partial charge on any atom is -0.465 e. The molecule has 0 aliphatic carbocycles. The fraction of sp³-hybridized carbons (Fsp3) is 0.182. The molecule has 106 valence electrons. The van der Waals surface area contributed by atoms with E-state index in [1.807, 2.05) is 0 Å². The van der Waals surface area contributed by atoms with Gasteiger partial charge in [-0.2, -0.15) is 4.37 Å². The Kier molecular flexibility index (Phi) is 4.00. The van der Waals surface area contributed by atoms with Crippen LogP contribution < -0.4 is 4.72 Å². The smallest absolute Gasteiger partial charge is 0.339 e. The number of methoxy groups -OCH3 is 1. The Balaban J connectivity index is 2.42. The number of aromatic nitrogens is 2. The van der Waals surface area contributed by atoms with Crippen molar-refractivity contribution in [3.05, 3.63) is 35.7 Å². The van der Waals surface area contributed by atoms with Crippen molar-refractivity contribution < 1.29 is 17.9 Å². The standard InChI is InChI=1S/C11H11N3O4S2/c1-7-12-11(19-13-7)14-20(16,17)9-6-4-3-5-8(9)10(15)18-2/h3-6H,1-2H3,(H,12,13,14). The van der Waals surface area contributed by atoms with Crippen molar-refractivity contribution in [3.63, 3.8) is 0 Å². The normalized spacial score (nSPS) is 11.1. The van der Waals surface area contributed by atoms with E-state index in [0.29, 0.717) is 5.82 Å². The monoisotopic (exact) mass is 313 g/mol. The Hall–Kier alpha value is -2.00. The number of aryl methyl sites for hydroxylation is 1. The highest BCUT2D eigenvalue weighted by molar-refractivity contribution is 7.93. The average Bonchev–Trinajstić information content (AvgIpc) is 2.82. The zero-order valence-electron chi connectivity index (χ0n) is 10.7. The molecule has 2 rings (SSSR count). The van der Waals surface area contributed by atoms with Crippen LogP contribution in [0.3, 0.4) is 0 Å². The number of hydrogen-bond acceptors (Lipinski definition) is 7. The molecule has 0 saturated heterocycles. The SMILES string of the molecule is COC(=O)c1ccccc1S(=O)(=O)Nc1nc(C)ns1. The summed E-state index contributed by atoms with van der Waals surface area (Å²) in [6.07, 6.45) is 0. The molecule has 0 bridgehead atoms. The van der Waals surface area contributed by atoms with Crippen molar-refractivity contribution >= 4 is 32.7 Å². The van der Waals surface area contributed by atoms with Crippen molar-refractivity contribution in [2.45, 2.75) is 11.8 Å². The van der Waals surface area contributed by atoms with Crippen LogP contribution in [0.4, 0.5) is 5.13 Å². The highest BCUT2D eigenvalue weighted by Crippen LogP contribution is 2.21. The van der Waals surface area contributed by atoms with Gasteiger partial charge in [0, 0.05) is 11.5 Å². The van der Waals surface area contributed by atoms with Crippen LogP contribution in [0.2, 0.25) is 0 Å². The van der Waals surface area contributed by atoms with Crippen LogP contribution in [-0.2, 0) is 14.8 Å². The molecule has 0 saturated carbocycles. The van der Waals surface area contributed by atoms with Crippen LogP contribution in [0, 0.1) is 6.92 Å². The molecule has 0 aliphatic rings. The Morgan fingerprint density at radius 1 is 1.35 bits per heavy atom. The van der Waals surface area contributed by atoms with Gasteiger partial charge in [0.2, 0.25) is 5.13 Å². The fourth-order valence-corrected chi connectivity index (χ4v) is 3.48. The summed E-state index contributed by atoms with van der Waals surface area (Å²) in [6, 6.07) is 5.78. The topological polar surface area (TPSA) is 98.2 Å². The van der Waals surface area contributed by atoms with Gasteiger partial charge in [-0.05, 0) is 19.1 Å². The first-order valence-electron chi connectivity index (χ1n) is 5.44. The minimum absolute atomic E-state index is 0.0382. The van der Waals surface area contributed by atoms with Crippen molar-refractivity contribution in [1.29, 1.82) is 0 Å². The molecule has 0 atom stereocenters. The molecule has 0 amide bonds. The third kappa shape index (κ3) is 2.94. The lowest BCUT2D eigenvalue weighted by Crippen LogP contribution is -2.17. The Morgan fingerprint density at radius 3 is 2.65 bits per heavy atom. The van der Waals surface area contributed by atoms with Gasteiger partial charge in [0.1, 0.15) is 10.7 Å². The van der Waals surface area contributed by atoms with Crippen molar-refractivity contribution in [3.8, 4) is 0 Å². The maximum absolute atomic E-state index is 12.3. The summed E-state index contributed by atoms with van der Waals surface area (Å²) in [7, 11) is -2.74. The molecule has 0 fully saturated rings. The van der Waals surface area contributed by atoms with Crippen LogP contribution in [0.5, 0.6) is 0 Å². The minimum atomic E-state index is -3.93. The number of sulfonamides is 1. The zero-order valence-corrected chi connectivity index (χ0v) is 12.3. The molecule has 1 N–H and O–H groups in total. The van der Waals surface area contributed by atoms with E-state index < -0.39 is 16.0 Å². The Bertz CT molecular complexity index is 740. The van der Waals surface area contributed by atoms with E-state index in [4.69, 9.17) is 0 Å². The second kappa shape index (κ2) is 5.55. The highest BCUT2D eigenvalue weighted by atomic mass is 32.2. The lowest BCUT2D eigenvalue weighted by Gasteiger charge is -2.08. The molecule has 9 heteroatoms. The second-order valence-corrected chi connectivity index (χ2v) is 6.14. The lowest BCUT2D eigenvalue weighted by atomic mass is 10.2. The van der Waals surface area contributed by atoms with Gasteiger partial charge >= 0.3 is 5.97 Å². The number of carbonyl (C=O) groups excluding carboxylic acids is 1. The van der Waals surface area contributed by atoms with Gasteiger partial charge in [0.05, 0.1) is 12.7 Å². The van der Waals surface area contributed by atoms with Gasteiger partial charge in [0.15, 0.2) is 0 Å². The zero-order chi connectivity index (χ0) is 14.8. The molecule has 0 aliphatic heterocycles. The number of nitrogens with zero attached hydrogens (tertiary/aromatic N) is 2. The fourth-order valence-electron chi connectivity index (χ4n) is 1.49. The van der Waals surface area contributed by atoms with E-state index in [2.05, 4.69) is 18.8 Å². The number of nitrogens with one attached hydrogen (secondary N) is 1. The lowest BCUT2D eigenvalue weighted by molar-refractivity contribution is 0.0596. The van der Waals surface area contributed by atoms with Gasteiger partial charge in [-0.15, -0.1) is 0 Å². The molecule has 2 aromatic rings. The highest BCUT2D eigenvalue weighted by Gasteiger charge is 2.23. The van der Waals surface area contributed by atoms with E-state index in [1.54, 1.807) is 13.0 Å². The summed E-state index contributed by atoms with van der Waals surface area (Å²) in [4.78, 5) is 15.3. The molecule has 0 unspecified atom stereocenters. The Morgan fingerprint density at radius 2 is 2.05 bits per heavy atom. The first-order valence-corrected chi connectivity index (χ1v) is 7.70. The molecule has 0 spiro atoms. The quantitative estimate of drug-likeness (QED) is 0.857. The molecular formula is C11H11N3O4S2. The first kappa shape index (κ1) is 14.4. The average molecular weight is 313 g/mol. The number of carbonyl (C=O) groups is 1. The molecule has 7 nitrogen and oxygen atoms in total. The number of esters is 1. The number of anilines is 1. The maximum Gasteiger partial charge on any atom is 0.339 e. The van der Waals surface area contributed by atoms with Gasteiger partial charge in [-0.1, -0.05) is 12.1 Å². The summed E-state index contributed by atoms with van der Waals surface area (Å²) < 4.78 is 35.3. The molecular weight excluding hydrogens is 302 g/mol. The summed E-state index contributed by atoms with van der Waals surface area (Å²) in [6.45, 7) is 1.65. The van der Waals surface area contributed by atoms with Crippen molar-refractivity contribution in [2.75, 3.05) is 11.8 Å². The third-order valence-corrected chi connectivity index (χ3v) is 4.58. The number of benzene rings is 1. The molecule has 0 radical (unpaired) electrons. The first-order chi connectivity index (χ1) is 9.44. The summed E-state index contributed by atoms with van der Waals surface area (Å²) in [5.41, 5.74) is -0.0382. The summed E-state index contributed by atoms with van der Waals surface area (Å²) in [5, 5.41) is 0.141. The van der Waals surface area contributed by atoms with Gasteiger partial charge in [-0.25, -0.2) is 18.2 Å². The van der Waals surface area contributed by atoms with Gasteiger partial charge in [0.25, 0.3) is 10.0 Å². The summed E-state index contributed by atoms with van der Waals surface area (Å²) in [5.74, 6) is -0.256. The third-order valence-electron chi connectivity index (χ3n) is 2.33. The van der Waals surface area contributed by atoms with Crippen LogP contribution in [-0.4, -0.2) is 30.9 Å². The maximum atomic E-state index is 12.3. The van der Waals surface area contributed by atoms with Crippen LogP contribution in [0.1, 0.15) is 16.2 Å². The Labute approximate surface area is 119 Å². The summed E-state index contributed by atoms with van der Waals surface area (Å²) >= 11 is 0.924. The number of ether oxygens (including phenoxy) is 1. The molecule has 1 aromatic carbocycles.